The van der Waals surface area contributed by atoms with E-state index in [9.17, 15) is 14.7 Å². The van der Waals surface area contributed by atoms with Gasteiger partial charge in [0.25, 0.3) is 5.91 Å². The van der Waals surface area contributed by atoms with E-state index in [0.717, 1.165) is 12.8 Å². The Morgan fingerprint density at radius 3 is 2.78 bits per heavy atom. The lowest BCUT2D eigenvalue weighted by Crippen LogP contribution is -2.45. The first-order chi connectivity index (χ1) is 10.9. The van der Waals surface area contributed by atoms with Gasteiger partial charge in [-0.25, -0.2) is 4.79 Å². The predicted octanol–water partition coefficient (Wildman–Crippen LogP) is 3.14. The van der Waals surface area contributed by atoms with Gasteiger partial charge < -0.3 is 15.2 Å². The quantitative estimate of drug-likeness (QED) is 0.826. The average Bonchev–Trinajstić information content (AvgIpc) is 2.49. The first kappa shape index (κ1) is 17.6. The summed E-state index contributed by atoms with van der Waals surface area (Å²) in [6.45, 7) is 3.96. The zero-order valence-electron chi connectivity index (χ0n) is 13.3. The molecule has 1 aliphatic rings. The van der Waals surface area contributed by atoms with Gasteiger partial charge in [0, 0.05) is 11.1 Å². The molecule has 0 aromatic heterocycles. The molecule has 126 valence electrons. The van der Waals surface area contributed by atoms with E-state index in [1.807, 2.05) is 0 Å². The molecule has 6 heteroatoms. The van der Waals surface area contributed by atoms with Crippen LogP contribution in [0.4, 0.5) is 0 Å². The number of carbonyl (C=O) groups excluding carboxylic acids is 2. The lowest BCUT2D eigenvalue weighted by atomic mass is 9.78. The Bertz CT molecular complexity index is 590. The lowest BCUT2D eigenvalue weighted by molar-refractivity contribution is -0.125. The molecule has 1 aromatic rings. The van der Waals surface area contributed by atoms with Crippen molar-refractivity contribution in [3.8, 4) is 5.75 Å². The van der Waals surface area contributed by atoms with Crippen molar-refractivity contribution in [3.63, 3.8) is 0 Å². The molecule has 0 heterocycles. The van der Waals surface area contributed by atoms with Crippen molar-refractivity contribution in [2.24, 2.45) is 11.8 Å². The highest BCUT2D eigenvalue weighted by molar-refractivity contribution is 6.30. The molecule has 2 rings (SSSR count). The summed E-state index contributed by atoms with van der Waals surface area (Å²) in [5.41, 5.74) is -0.0122. The number of hydrogen-bond donors (Lipinski definition) is 2. The molecule has 0 bridgehead atoms. The first-order valence-corrected chi connectivity index (χ1v) is 8.21. The van der Waals surface area contributed by atoms with Crippen LogP contribution in [0.3, 0.4) is 0 Å². The van der Waals surface area contributed by atoms with Crippen molar-refractivity contribution in [2.75, 3.05) is 6.61 Å². The number of benzene rings is 1. The Morgan fingerprint density at radius 1 is 1.35 bits per heavy atom. The van der Waals surface area contributed by atoms with Crippen molar-refractivity contribution >= 4 is 23.5 Å². The van der Waals surface area contributed by atoms with Gasteiger partial charge in [0.1, 0.15) is 11.3 Å². The summed E-state index contributed by atoms with van der Waals surface area (Å²) in [5, 5.41) is 12.9. The van der Waals surface area contributed by atoms with Crippen LogP contribution in [0.2, 0.25) is 5.02 Å². The molecule has 5 nitrogen and oxygen atoms in total. The predicted molar refractivity (Wildman–Crippen MR) is 87.5 cm³/mol. The van der Waals surface area contributed by atoms with Gasteiger partial charge in [-0.1, -0.05) is 38.3 Å². The second kappa shape index (κ2) is 7.68. The second-order valence-corrected chi connectivity index (χ2v) is 6.62. The molecule has 1 amide bonds. The van der Waals surface area contributed by atoms with Crippen LogP contribution in [0.15, 0.2) is 18.2 Å². The van der Waals surface area contributed by atoms with Gasteiger partial charge >= 0.3 is 5.97 Å². The molecular weight excluding hydrogens is 318 g/mol. The van der Waals surface area contributed by atoms with Crippen molar-refractivity contribution in [2.45, 2.75) is 39.2 Å². The summed E-state index contributed by atoms with van der Waals surface area (Å²) < 4.78 is 4.96. The van der Waals surface area contributed by atoms with Crippen LogP contribution >= 0.6 is 11.6 Å². The topological polar surface area (TPSA) is 75.6 Å². The minimum absolute atomic E-state index is 0.0122. The molecule has 23 heavy (non-hydrogen) atoms. The van der Waals surface area contributed by atoms with Crippen molar-refractivity contribution in [1.82, 2.24) is 5.32 Å². The summed E-state index contributed by atoms with van der Waals surface area (Å²) >= 11 is 5.71. The maximum atomic E-state index is 12.0. The number of halogens is 1. The van der Waals surface area contributed by atoms with Crippen molar-refractivity contribution in [1.29, 1.82) is 0 Å². The normalized spacial score (nSPS) is 24.0. The fourth-order valence-corrected chi connectivity index (χ4v) is 3.09. The van der Waals surface area contributed by atoms with E-state index in [-0.39, 0.29) is 29.9 Å². The third-order valence-electron chi connectivity index (χ3n) is 4.57. The van der Waals surface area contributed by atoms with Crippen molar-refractivity contribution < 1.29 is 19.4 Å². The first-order valence-electron chi connectivity index (χ1n) is 7.83. The number of phenols is 1. The molecule has 1 fully saturated rings. The zero-order chi connectivity index (χ0) is 17.0. The minimum Gasteiger partial charge on any atom is -0.507 e. The van der Waals surface area contributed by atoms with E-state index >= 15 is 0 Å². The maximum Gasteiger partial charge on any atom is 0.342 e. The van der Waals surface area contributed by atoms with Crippen LogP contribution in [0.5, 0.6) is 5.75 Å². The lowest BCUT2D eigenvalue weighted by Gasteiger charge is -2.34. The highest BCUT2D eigenvalue weighted by atomic mass is 35.5. The number of esters is 1. The third kappa shape index (κ3) is 4.61. The van der Waals surface area contributed by atoms with Crippen LogP contribution in [-0.4, -0.2) is 29.6 Å². The van der Waals surface area contributed by atoms with E-state index < -0.39 is 5.97 Å². The number of nitrogens with one attached hydrogen (secondary N) is 1. The Labute approximate surface area is 141 Å². The number of phenolic OH excluding ortho intramolecular Hbond substituents is 1. The van der Waals surface area contributed by atoms with Gasteiger partial charge in [-0.05, 0) is 36.5 Å². The summed E-state index contributed by atoms with van der Waals surface area (Å²) in [7, 11) is 0. The smallest absolute Gasteiger partial charge is 0.342 e. The van der Waals surface area contributed by atoms with Gasteiger partial charge in [0.15, 0.2) is 6.61 Å². The van der Waals surface area contributed by atoms with Crippen molar-refractivity contribution in [3.05, 3.63) is 28.8 Å². The van der Waals surface area contributed by atoms with Crippen LogP contribution < -0.4 is 5.32 Å². The molecule has 1 aromatic carbocycles. The molecule has 0 aliphatic heterocycles. The van der Waals surface area contributed by atoms with Crippen LogP contribution in [0.25, 0.3) is 0 Å². The third-order valence-corrected chi connectivity index (χ3v) is 4.80. The molecule has 1 saturated carbocycles. The molecule has 3 atom stereocenters. The van der Waals surface area contributed by atoms with E-state index in [2.05, 4.69) is 19.2 Å². The van der Waals surface area contributed by atoms with Gasteiger partial charge in [-0.2, -0.15) is 0 Å². The standard InChI is InChI=1S/C17H22ClNO4/c1-10-4-3-5-14(11(10)2)19-16(21)9-23-17(22)13-7-6-12(18)8-15(13)20/h6-8,10-11,14,20H,3-5,9H2,1-2H3,(H,19,21). The molecule has 2 N–H and O–H groups in total. The van der Waals surface area contributed by atoms with Gasteiger partial charge in [0.2, 0.25) is 0 Å². The molecule has 1 aliphatic carbocycles. The molecule has 0 saturated heterocycles. The molecule has 0 radical (unpaired) electrons. The van der Waals surface area contributed by atoms with E-state index in [1.54, 1.807) is 0 Å². The number of amides is 1. The fraction of sp³-hybridized carbons (Fsp3) is 0.529. The van der Waals surface area contributed by atoms with Gasteiger partial charge in [0.05, 0.1) is 0 Å². The van der Waals surface area contributed by atoms with Crippen LogP contribution in [-0.2, 0) is 9.53 Å². The SMILES string of the molecule is CC1CCCC(NC(=O)COC(=O)c2ccc(Cl)cc2O)C1C. The largest absolute Gasteiger partial charge is 0.507 e. The number of hydrogen-bond acceptors (Lipinski definition) is 4. The Kier molecular flexibility index (Phi) is 5.88. The minimum atomic E-state index is -0.751. The molecule has 0 spiro atoms. The highest BCUT2D eigenvalue weighted by Gasteiger charge is 2.28. The zero-order valence-corrected chi connectivity index (χ0v) is 14.1. The summed E-state index contributed by atoms with van der Waals surface area (Å²) in [4.78, 5) is 23.9. The summed E-state index contributed by atoms with van der Waals surface area (Å²) in [5.74, 6) is -0.360. The number of ether oxygens (including phenoxy) is 1. The summed E-state index contributed by atoms with van der Waals surface area (Å²) in [6, 6.07) is 4.21. The van der Waals surface area contributed by atoms with Crippen LogP contribution in [0.1, 0.15) is 43.5 Å². The molecular formula is C17H22ClNO4. The van der Waals surface area contributed by atoms with Gasteiger partial charge in [-0.3, -0.25) is 4.79 Å². The van der Waals surface area contributed by atoms with E-state index in [4.69, 9.17) is 16.3 Å². The number of carbonyl (C=O) groups is 2. The van der Waals surface area contributed by atoms with E-state index in [0.29, 0.717) is 16.9 Å². The summed E-state index contributed by atoms with van der Waals surface area (Å²) in [6.07, 6.45) is 3.22. The Morgan fingerprint density at radius 2 is 2.09 bits per heavy atom. The second-order valence-electron chi connectivity index (χ2n) is 6.18. The number of aromatic hydroxyl groups is 1. The Balaban J connectivity index is 1.85. The monoisotopic (exact) mass is 339 g/mol. The maximum absolute atomic E-state index is 12.0. The van der Waals surface area contributed by atoms with E-state index in [1.165, 1.54) is 24.6 Å². The fourth-order valence-electron chi connectivity index (χ4n) is 2.92. The van der Waals surface area contributed by atoms with Crippen LogP contribution in [0, 0.1) is 11.8 Å². The average molecular weight is 340 g/mol. The highest BCUT2D eigenvalue weighted by Crippen LogP contribution is 2.29. The number of rotatable bonds is 4. The van der Waals surface area contributed by atoms with Gasteiger partial charge in [-0.15, -0.1) is 0 Å². The Hall–Kier alpha value is -1.75. The molecule has 3 unspecified atom stereocenters.